The average Bonchev–Trinajstić information content (AvgIpc) is 3.22. The summed E-state index contributed by atoms with van der Waals surface area (Å²) in [6, 6.07) is 69.7. The second-order valence-electron chi connectivity index (χ2n) is 14.1. The van der Waals surface area contributed by atoms with Gasteiger partial charge in [-0.15, -0.1) is 0 Å². The van der Waals surface area contributed by atoms with Crippen LogP contribution in [0.25, 0.3) is 44.5 Å². The Hall–Kier alpha value is -6.44. The summed E-state index contributed by atoms with van der Waals surface area (Å²) in [4.78, 5) is 0. The number of hydrogen-bond donors (Lipinski definition) is 1. The van der Waals surface area contributed by atoms with E-state index < -0.39 is 5.41 Å². The third kappa shape index (κ3) is 3.98. The molecule has 12 rings (SSSR count). The van der Waals surface area contributed by atoms with E-state index in [1.807, 2.05) is 0 Å². The topological polar surface area (TPSA) is 12.0 Å². The van der Waals surface area contributed by atoms with Gasteiger partial charge in [0.1, 0.15) is 0 Å². The third-order valence-electron chi connectivity index (χ3n) is 11.6. The fourth-order valence-electron chi connectivity index (χ4n) is 9.42. The molecule has 8 aromatic rings. The second-order valence-corrected chi connectivity index (χ2v) is 14.1. The van der Waals surface area contributed by atoms with Crippen molar-refractivity contribution in [3.63, 3.8) is 0 Å². The highest BCUT2D eigenvalue weighted by atomic mass is 14.9. The van der Waals surface area contributed by atoms with E-state index in [0.717, 1.165) is 0 Å². The molecular formula is C50H33N. The Kier molecular flexibility index (Phi) is 6.00. The molecular weight excluding hydrogens is 615 g/mol. The second kappa shape index (κ2) is 10.8. The van der Waals surface area contributed by atoms with Crippen LogP contribution in [0.1, 0.15) is 44.9 Å². The van der Waals surface area contributed by atoms with Crippen LogP contribution in [-0.4, -0.2) is 0 Å². The molecule has 4 aliphatic rings. The SMILES string of the molecule is c1ccc(-c2ccc(-c3ccc4c(c3)C35c6ccccc6C(c6ccccc63)c3c(-c6ccc(-c7ccccc7)cc6)ccc(c35)N4)cc2)cc1. The maximum absolute atomic E-state index is 3.94. The number of benzene rings is 8. The van der Waals surface area contributed by atoms with Gasteiger partial charge in [0.25, 0.3) is 0 Å². The van der Waals surface area contributed by atoms with Gasteiger partial charge in [0.2, 0.25) is 0 Å². The lowest BCUT2D eigenvalue weighted by Crippen LogP contribution is -2.45. The van der Waals surface area contributed by atoms with Crippen LogP contribution in [0.2, 0.25) is 0 Å². The zero-order chi connectivity index (χ0) is 33.5. The van der Waals surface area contributed by atoms with Gasteiger partial charge in [-0.25, -0.2) is 0 Å². The number of nitrogens with one attached hydrogen (secondary N) is 1. The van der Waals surface area contributed by atoms with Crippen molar-refractivity contribution in [2.45, 2.75) is 11.3 Å². The molecule has 0 radical (unpaired) electrons. The summed E-state index contributed by atoms with van der Waals surface area (Å²) in [6.07, 6.45) is 0. The Morgan fingerprint density at radius 3 is 1.39 bits per heavy atom. The van der Waals surface area contributed by atoms with Crippen molar-refractivity contribution >= 4 is 11.4 Å². The van der Waals surface area contributed by atoms with E-state index in [1.54, 1.807) is 0 Å². The van der Waals surface area contributed by atoms with E-state index in [1.165, 1.54) is 94.8 Å². The Labute approximate surface area is 298 Å². The minimum atomic E-state index is -0.451. The van der Waals surface area contributed by atoms with Crippen molar-refractivity contribution < 1.29 is 0 Å². The first-order valence-corrected chi connectivity index (χ1v) is 17.9. The maximum atomic E-state index is 3.94. The molecule has 8 aromatic carbocycles. The van der Waals surface area contributed by atoms with Gasteiger partial charge >= 0.3 is 0 Å². The zero-order valence-electron chi connectivity index (χ0n) is 28.0. The molecule has 0 atom stereocenters. The van der Waals surface area contributed by atoms with Crippen molar-refractivity contribution in [2.24, 2.45) is 0 Å². The molecule has 0 aromatic heterocycles. The van der Waals surface area contributed by atoms with Crippen LogP contribution in [0.5, 0.6) is 0 Å². The standard InChI is InChI=1S/C50H33N/c1-3-11-32(12-4-1)34-19-21-36(22-20-34)38-27-29-45-44(31-38)50-42-17-9-7-15-40(42)47(41-16-8-10-18-43(41)50)48-39(28-30-46(51-45)49(48)50)37-25-23-35(24-26-37)33-13-5-2-6-14-33/h1-31,47,51H. The summed E-state index contributed by atoms with van der Waals surface area (Å²) in [5.41, 5.74) is 21.6. The van der Waals surface area contributed by atoms with Crippen molar-refractivity contribution in [3.05, 3.63) is 227 Å². The molecule has 1 nitrogen and oxygen atoms in total. The van der Waals surface area contributed by atoms with Crippen LogP contribution in [-0.2, 0) is 5.41 Å². The summed E-state index contributed by atoms with van der Waals surface area (Å²) in [6.45, 7) is 0. The molecule has 0 saturated heterocycles. The Morgan fingerprint density at radius 2 is 0.804 bits per heavy atom. The van der Waals surface area contributed by atoms with Gasteiger partial charge in [0.05, 0.1) is 5.41 Å². The molecule has 0 fully saturated rings. The molecule has 0 unspecified atom stereocenters. The van der Waals surface area contributed by atoms with E-state index in [9.17, 15) is 0 Å². The fraction of sp³-hybridized carbons (Fsp3) is 0.0400. The Balaban J connectivity index is 1.15. The van der Waals surface area contributed by atoms with Crippen LogP contribution in [0.15, 0.2) is 188 Å². The number of rotatable bonds is 4. The first-order valence-electron chi connectivity index (χ1n) is 17.9. The van der Waals surface area contributed by atoms with Gasteiger partial charge in [0, 0.05) is 17.3 Å². The maximum Gasteiger partial charge on any atom is 0.0751 e. The molecule has 238 valence electrons. The average molecular weight is 648 g/mol. The lowest BCUT2D eigenvalue weighted by atomic mass is 9.49. The molecule has 3 aliphatic carbocycles. The van der Waals surface area contributed by atoms with Crippen molar-refractivity contribution in [3.8, 4) is 44.5 Å². The molecule has 1 heteroatoms. The van der Waals surface area contributed by atoms with Gasteiger partial charge in [-0.1, -0.05) is 170 Å². The lowest BCUT2D eigenvalue weighted by Gasteiger charge is -2.54. The van der Waals surface area contributed by atoms with E-state index in [2.05, 4.69) is 193 Å². The van der Waals surface area contributed by atoms with Crippen LogP contribution in [0.3, 0.4) is 0 Å². The largest absolute Gasteiger partial charge is 0.355 e. The summed E-state index contributed by atoms with van der Waals surface area (Å²) < 4.78 is 0. The predicted molar refractivity (Wildman–Crippen MR) is 211 cm³/mol. The van der Waals surface area contributed by atoms with E-state index in [4.69, 9.17) is 0 Å². The molecule has 2 bridgehead atoms. The first-order chi connectivity index (χ1) is 25.3. The van der Waals surface area contributed by atoms with Gasteiger partial charge in [-0.05, 0) is 102 Å². The summed E-state index contributed by atoms with van der Waals surface area (Å²) >= 11 is 0. The Bertz CT molecular complexity index is 2590. The van der Waals surface area contributed by atoms with E-state index in [-0.39, 0.29) is 5.92 Å². The smallest absolute Gasteiger partial charge is 0.0751 e. The molecule has 0 saturated carbocycles. The highest BCUT2D eigenvalue weighted by Crippen LogP contribution is 2.67. The predicted octanol–water partition coefficient (Wildman–Crippen LogP) is 12.6. The van der Waals surface area contributed by atoms with Crippen molar-refractivity contribution in [1.82, 2.24) is 0 Å². The van der Waals surface area contributed by atoms with Gasteiger partial charge in [0.15, 0.2) is 0 Å². The summed E-state index contributed by atoms with van der Waals surface area (Å²) in [7, 11) is 0. The number of fused-ring (bicyclic) bond motifs is 1. The van der Waals surface area contributed by atoms with Crippen molar-refractivity contribution in [2.75, 3.05) is 5.32 Å². The van der Waals surface area contributed by atoms with Crippen molar-refractivity contribution in [1.29, 1.82) is 0 Å². The van der Waals surface area contributed by atoms with Crippen LogP contribution < -0.4 is 5.32 Å². The van der Waals surface area contributed by atoms with Crippen LogP contribution in [0.4, 0.5) is 11.4 Å². The normalized spacial score (nSPS) is 17.1. The molecule has 51 heavy (non-hydrogen) atoms. The number of hydrogen-bond acceptors (Lipinski definition) is 1. The minimum Gasteiger partial charge on any atom is -0.355 e. The van der Waals surface area contributed by atoms with E-state index in [0.29, 0.717) is 0 Å². The first kappa shape index (κ1) is 28.4. The molecule has 1 spiro atoms. The fourth-order valence-corrected chi connectivity index (χ4v) is 9.42. The molecule has 1 aliphatic heterocycles. The molecule has 0 amide bonds. The van der Waals surface area contributed by atoms with Gasteiger partial charge in [-0.3, -0.25) is 0 Å². The van der Waals surface area contributed by atoms with Crippen LogP contribution >= 0.6 is 0 Å². The monoisotopic (exact) mass is 647 g/mol. The highest BCUT2D eigenvalue weighted by Gasteiger charge is 2.56. The van der Waals surface area contributed by atoms with Gasteiger partial charge in [-0.2, -0.15) is 0 Å². The van der Waals surface area contributed by atoms with E-state index >= 15 is 0 Å². The lowest BCUT2D eigenvalue weighted by molar-refractivity contribution is 0.628. The Morgan fingerprint density at radius 1 is 0.353 bits per heavy atom. The van der Waals surface area contributed by atoms with Gasteiger partial charge < -0.3 is 5.32 Å². The molecule has 1 heterocycles. The van der Waals surface area contributed by atoms with Crippen LogP contribution in [0, 0.1) is 0 Å². The number of anilines is 2. The molecule has 1 N–H and O–H groups in total. The summed E-state index contributed by atoms with van der Waals surface area (Å²) in [5.74, 6) is 0.148. The quantitative estimate of drug-likeness (QED) is 0.200. The summed E-state index contributed by atoms with van der Waals surface area (Å²) in [5, 5.41) is 3.94. The minimum absolute atomic E-state index is 0.148. The zero-order valence-corrected chi connectivity index (χ0v) is 28.0. The highest BCUT2D eigenvalue weighted by molar-refractivity contribution is 5.94. The third-order valence-corrected chi connectivity index (χ3v) is 11.6.